The average molecular weight is 285 g/mol. The Labute approximate surface area is 131 Å². The first-order valence-corrected chi connectivity index (χ1v) is 7.87. The highest BCUT2D eigenvalue weighted by atomic mass is 14.9. The predicted molar refractivity (Wildman–Crippen MR) is 92.1 cm³/mol. The van der Waals surface area contributed by atoms with Crippen molar-refractivity contribution < 1.29 is 0 Å². The second-order valence-electron chi connectivity index (χ2n) is 5.89. The van der Waals surface area contributed by atoms with E-state index in [0.29, 0.717) is 12.0 Å². The van der Waals surface area contributed by atoms with E-state index in [1.807, 2.05) is 0 Å². The largest absolute Gasteiger partial charge is 0.378 e. The maximum absolute atomic E-state index is 3.71. The first-order valence-electron chi connectivity index (χ1n) is 7.87. The quantitative estimate of drug-likeness (QED) is 0.667. The average Bonchev–Trinajstić information content (AvgIpc) is 2.62. The minimum Gasteiger partial charge on any atom is -0.378 e. The van der Waals surface area contributed by atoms with Crippen molar-refractivity contribution in [2.24, 2.45) is 0 Å². The van der Waals surface area contributed by atoms with Gasteiger partial charge in [-0.2, -0.15) is 0 Å². The smallest absolute Gasteiger partial charge is 0.0523 e. The molecule has 0 radical (unpaired) electrons. The van der Waals surface area contributed by atoms with E-state index >= 15 is 0 Å². The van der Waals surface area contributed by atoms with E-state index in [1.165, 1.54) is 22.4 Å². The highest BCUT2D eigenvalue weighted by Gasteiger charge is 2.27. The van der Waals surface area contributed by atoms with Gasteiger partial charge in [0.05, 0.1) is 6.04 Å². The molecule has 0 fully saturated rings. The highest BCUT2D eigenvalue weighted by molar-refractivity contribution is 5.59. The number of nitrogens with one attached hydrogen (secondary N) is 1. The summed E-state index contributed by atoms with van der Waals surface area (Å²) in [5.41, 5.74) is 5.42. The number of hydrogen-bond donors (Lipinski definition) is 1. The third-order valence-corrected chi connectivity index (χ3v) is 4.54. The Morgan fingerprint density at radius 3 is 1.95 bits per heavy atom. The second kappa shape index (κ2) is 5.69. The number of rotatable bonds is 2. The first-order chi connectivity index (χ1) is 10.9. The molecule has 2 atom stereocenters. The standard InChI is InChI=1S/C21H19N/c1-3-9-16(10-4-1)19-15-21(17-11-5-2-6-12-17)22-20-14-8-7-13-18(19)20/h1-14,19,21-22H,15H2. The van der Waals surface area contributed by atoms with Gasteiger partial charge in [0.1, 0.15) is 0 Å². The zero-order chi connectivity index (χ0) is 14.8. The van der Waals surface area contributed by atoms with Gasteiger partial charge in [-0.25, -0.2) is 0 Å². The van der Waals surface area contributed by atoms with Crippen LogP contribution in [0, 0.1) is 0 Å². The number of para-hydroxylation sites is 1. The van der Waals surface area contributed by atoms with Crippen LogP contribution in [0.5, 0.6) is 0 Å². The molecule has 1 nitrogen and oxygen atoms in total. The molecule has 0 saturated heterocycles. The summed E-state index contributed by atoms with van der Waals surface area (Å²) in [6, 6.07) is 30.7. The zero-order valence-electron chi connectivity index (χ0n) is 12.4. The fraction of sp³-hybridized carbons (Fsp3) is 0.143. The molecular formula is C21H19N. The topological polar surface area (TPSA) is 12.0 Å². The zero-order valence-corrected chi connectivity index (χ0v) is 12.4. The van der Waals surface area contributed by atoms with Crippen molar-refractivity contribution in [3.63, 3.8) is 0 Å². The van der Waals surface area contributed by atoms with Gasteiger partial charge >= 0.3 is 0 Å². The molecule has 0 aliphatic carbocycles. The van der Waals surface area contributed by atoms with Crippen molar-refractivity contribution in [2.45, 2.75) is 18.4 Å². The van der Waals surface area contributed by atoms with Crippen molar-refractivity contribution in [2.75, 3.05) is 5.32 Å². The van der Waals surface area contributed by atoms with Crippen LogP contribution in [0.4, 0.5) is 5.69 Å². The lowest BCUT2D eigenvalue weighted by atomic mass is 9.80. The van der Waals surface area contributed by atoms with Crippen molar-refractivity contribution in [1.29, 1.82) is 0 Å². The molecule has 3 aromatic carbocycles. The van der Waals surface area contributed by atoms with Crippen LogP contribution in [0.3, 0.4) is 0 Å². The Kier molecular flexibility index (Phi) is 3.40. The van der Waals surface area contributed by atoms with Crippen LogP contribution in [0.2, 0.25) is 0 Å². The van der Waals surface area contributed by atoms with Gasteiger partial charge in [-0.05, 0) is 29.2 Å². The van der Waals surface area contributed by atoms with Gasteiger partial charge in [0.15, 0.2) is 0 Å². The molecule has 0 spiro atoms. The van der Waals surface area contributed by atoms with E-state index in [1.54, 1.807) is 0 Å². The fourth-order valence-corrected chi connectivity index (χ4v) is 3.45. The minimum atomic E-state index is 0.362. The lowest BCUT2D eigenvalue weighted by molar-refractivity contribution is 0.603. The van der Waals surface area contributed by atoms with Gasteiger partial charge in [-0.3, -0.25) is 0 Å². The summed E-state index contributed by atoms with van der Waals surface area (Å²) < 4.78 is 0. The molecule has 0 amide bonds. The van der Waals surface area contributed by atoms with E-state index < -0.39 is 0 Å². The molecule has 22 heavy (non-hydrogen) atoms. The van der Waals surface area contributed by atoms with E-state index in [-0.39, 0.29) is 0 Å². The van der Waals surface area contributed by atoms with Crippen LogP contribution < -0.4 is 5.32 Å². The van der Waals surface area contributed by atoms with Gasteiger partial charge in [-0.1, -0.05) is 78.9 Å². The summed E-state index contributed by atoms with van der Waals surface area (Å²) in [4.78, 5) is 0. The Bertz CT molecular complexity index is 749. The maximum atomic E-state index is 3.71. The Hall–Kier alpha value is -2.54. The molecule has 0 bridgehead atoms. The molecule has 1 aliphatic heterocycles. The van der Waals surface area contributed by atoms with Gasteiger partial charge in [0.25, 0.3) is 0 Å². The van der Waals surface area contributed by atoms with Crippen molar-refractivity contribution >= 4 is 5.69 Å². The maximum Gasteiger partial charge on any atom is 0.0523 e. The van der Waals surface area contributed by atoms with Crippen molar-refractivity contribution in [3.8, 4) is 0 Å². The highest BCUT2D eigenvalue weighted by Crippen LogP contribution is 2.43. The minimum absolute atomic E-state index is 0.362. The first kappa shape index (κ1) is 13.1. The molecular weight excluding hydrogens is 266 g/mol. The number of anilines is 1. The Morgan fingerprint density at radius 2 is 1.23 bits per heavy atom. The summed E-state index contributed by atoms with van der Waals surface area (Å²) in [5, 5.41) is 3.71. The molecule has 2 unspecified atom stereocenters. The molecule has 1 heteroatoms. The molecule has 1 aliphatic rings. The fourth-order valence-electron chi connectivity index (χ4n) is 3.45. The lowest BCUT2D eigenvalue weighted by Gasteiger charge is -2.34. The summed E-state index contributed by atoms with van der Waals surface area (Å²) in [6.45, 7) is 0. The molecule has 3 aromatic rings. The number of fused-ring (bicyclic) bond motifs is 1. The van der Waals surface area contributed by atoms with Gasteiger partial charge in [-0.15, -0.1) is 0 Å². The summed E-state index contributed by atoms with van der Waals surface area (Å²) >= 11 is 0. The normalized spacial score (nSPS) is 20.0. The molecule has 1 heterocycles. The molecule has 108 valence electrons. The van der Waals surface area contributed by atoms with Crippen LogP contribution in [0.15, 0.2) is 84.9 Å². The van der Waals surface area contributed by atoms with Crippen LogP contribution in [-0.4, -0.2) is 0 Å². The Morgan fingerprint density at radius 1 is 0.636 bits per heavy atom. The van der Waals surface area contributed by atoms with Gasteiger partial charge in [0, 0.05) is 11.6 Å². The third-order valence-electron chi connectivity index (χ3n) is 4.54. The van der Waals surface area contributed by atoms with Gasteiger partial charge < -0.3 is 5.32 Å². The van der Waals surface area contributed by atoms with E-state index in [2.05, 4.69) is 90.2 Å². The van der Waals surface area contributed by atoms with Gasteiger partial charge in [0.2, 0.25) is 0 Å². The van der Waals surface area contributed by atoms with Crippen LogP contribution in [-0.2, 0) is 0 Å². The SMILES string of the molecule is c1ccc(C2CC(c3ccccc3)c3ccccc3N2)cc1. The molecule has 0 saturated carbocycles. The van der Waals surface area contributed by atoms with E-state index in [9.17, 15) is 0 Å². The summed E-state index contributed by atoms with van der Waals surface area (Å²) in [5.74, 6) is 0.448. The van der Waals surface area contributed by atoms with E-state index in [0.717, 1.165) is 6.42 Å². The number of hydrogen-bond acceptors (Lipinski definition) is 1. The monoisotopic (exact) mass is 285 g/mol. The van der Waals surface area contributed by atoms with Crippen molar-refractivity contribution in [1.82, 2.24) is 0 Å². The molecule has 0 aromatic heterocycles. The second-order valence-corrected chi connectivity index (χ2v) is 5.89. The summed E-state index contributed by atoms with van der Waals surface area (Å²) in [6.07, 6.45) is 1.09. The summed E-state index contributed by atoms with van der Waals surface area (Å²) in [7, 11) is 0. The number of benzene rings is 3. The van der Waals surface area contributed by atoms with Crippen LogP contribution in [0.1, 0.15) is 35.1 Å². The van der Waals surface area contributed by atoms with E-state index in [4.69, 9.17) is 0 Å². The lowest BCUT2D eigenvalue weighted by Crippen LogP contribution is -2.22. The van der Waals surface area contributed by atoms with Crippen LogP contribution >= 0.6 is 0 Å². The van der Waals surface area contributed by atoms with Crippen LogP contribution in [0.25, 0.3) is 0 Å². The predicted octanol–water partition coefficient (Wildman–Crippen LogP) is 5.38. The molecule has 4 rings (SSSR count). The van der Waals surface area contributed by atoms with Crippen molar-refractivity contribution in [3.05, 3.63) is 102 Å². The molecule has 1 N–H and O–H groups in total. The third kappa shape index (κ3) is 2.39. The Balaban J connectivity index is 1.77.